The van der Waals surface area contributed by atoms with E-state index < -0.39 is 9.84 Å². The van der Waals surface area contributed by atoms with Gasteiger partial charge >= 0.3 is 0 Å². The normalized spacial score (nSPS) is 15.3. The van der Waals surface area contributed by atoms with Crippen molar-refractivity contribution in [1.82, 2.24) is 5.32 Å². The van der Waals surface area contributed by atoms with Crippen LogP contribution in [0.25, 0.3) is 0 Å². The van der Waals surface area contributed by atoms with Gasteiger partial charge in [0.25, 0.3) is 0 Å². The van der Waals surface area contributed by atoms with Crippen LogP contribution in [0.1, 0.15) is 24.0 Å². The van der Waals surface area contributed by atoms with Crippen LogP contribution in [-0.4, -0.2) is 55.1 Å². The average molecular weight is 456 g/mol. The molecule has 1 aliphatic rings. The van der Waals surface area contributed by atoms with E-state index >= 15 is 0 Å². The molecule has 1 unspecified atom stereocenters. The molecule has 0 saturated carbocycles. The van der Waals surface area contributed by atoms with Gasteiger partial charge in [0, 0.05) is 50.1 Å². The van der Waals surface area contributed by atoms with Crippen LogP contribution < -0.4 is 25.4 Å². The lowest BCUT2D eigenvalue weighted by Gasteiger charge is -2.31. The second-order valence-corrected chi connectivity index (χ2v) is 9.28. The summed E-state index contributed by atoms with van der Waals surface area (Å²) in [5, 5.41) is 3.33. The Bertz CT molecular complexity index is 970. The minimum absolute atomic E-state index is 0. The second-order valence-electron chi connectivity index (χ2n) is 7.33. The van der Waals surface area contributed by atoms with Gasteiger partial charge in [-0.3, -0.25) is 0 Å². The highest BCUT2D eigenvalue weighted by Crippen LogP contribution is 2.38. The van der Waals surface area contributed by atoms with Crippen LogP contribution in [0.5, 0.6) is 11.5 Å². The molecule has 166 valence electrons. The molecule has 2 aromatic carbocycles. The quantitative estimate of drug-likeness (QED) is 0.646. The number of rotatable bonds is 6. The minimum atomic E-state index is -3.51. The molecule has 0 aliphatic carbocycles. The van der Waals surface area contributed by atoms with Gasteiger partial charge in [0.05, 0.1) is 24.8 Å². The first-order valence-electron chi connectivity index (χ1n) is 9.56. The van der Waals surface area contributed by atoms with Crippen LogP contribution in [0, 0.1) is 0 Å². The smallest absolute Gasteiger partial charge is 0.177 e. The number of nitrogens with two attached hydrogens (primary N) is 1. The van der Waals surface area contributed by atoms with Gasteiger partial charge in [-0.15, -0.1) is 12.4 Å². The number of anilines is 2. The molecule has 0 amide bonds. The Morgan fingerprint density at radius 1 is 1.03 bits per heavy atom. The maximum absolute atomic E-state index is 12.6. The van der Waals surface area contributed by atoms with E-state index in [0.29, 0.717) is 17.1 Å². The van der Waals surface area contributed by atoms with Crippen LogP contribution in [0.2, 0.25) is 0 Å². The summed E-state index contributed by atoms with van der Waals surface area (Å²) in [7, 11) is -0.332. The molecule has 1 heterocycles. The Hall–Kier alpha value is -2.16. The maximum atomic E-state index is 12.6. The molecule has 0 spiro atoms. The van der Waals surface area contributed by atoms with E-state index in [1.807, 2.05) is 25.1 Å². The summed E-state index contributed by atoms with van der Waals surface area (Å²) in [4.78, 5) is 2.41. The summed E-state index contributed by atoms with van der Waals surface area (Å²) < 4.78 is 36.0. The molecule has 9 heteroatoms. The number of ether oxygens (including phenoxy) is 2. The van der Waals surface area contributed by atoms with E-state index in [1.54, 1.807) is 26.4 Å². The van der Waals surface area contributed by atoms with Gasteiger partial charge in [-0.25, -0.2) is 8.42 Å². The number of piperazine rings is 1. The summed E-state index contributed by atoms with van der Waals surface area (Å²) in [5.41, 5.74) is 9.06. The van der Waals surface area contributed by atoms with Crippen molar-refractivity contribution in [3.63, 3.8) is 0 Å². The highest BCUT2D eigenvalue weighted by Gasteiger charge is 2.25. The summed E-state index contributed by atoms with van der Waals surface area (Å²) in [6.45, 7) is 5.42. The number of nitrogens with one attached hydrogen (secondary N) is 1. The van der Waals surface area contributed by atoms with Crippen LogP contribution in [0.4, 0.5) is 11.4 Å². The van der Waals surface area contributed by atoms with E-state index in [-0.39, 0.29) is 28.9 Å². The molecule has 7 nitrogen and oxygen atoms in total. The zero-order chi connectivity index (χ0) is 21.2. The van der Waals surface area contributed by atoms with E-state index in [2.05, 4.69) is 10.2 Å². The van der Waals surface area contributed by atoms with Gasteiger partial charge in [-0.2, -0.15) is 0 Å². The predicted octanol–water partition coefficient (Wildman–Crippen LogP) is 2.67. The molecule has 0 aromatic heterocycles. The number of hydrogen-bond donors (Lipinski definition) is 2. The summed E-state index contributed by atoms with van der Waals surface area (Å²) in [6.07, 6.45) is 1.20. The fourth-order valence-electron chi connectivity index (χ4n) is 3.77. The Morgan fingerprint density at radius 2 is 1.60 bits per heavy atom. The first kappa shape index (κ1) is 24.1. The number of halogens is 1. The molecule has 0 bridgehead atoms. The largest absolute Gasteiger partial charge is 0.497 e. The van der Waals surface area contributed by atoms with Gasteiger partial charge in [0.1, 0.15) is 11.5 Å². The summed E-state index contributed by atoms with van der Waals surface area (Å²) >= 11 is 0. The molecule has 0 radical (unpaired) electrons. The molecule has 1 aliphatic heterocycles. The Balaban J connectivity index is 0.00000320. The van der Waals surface area contributed by atoms with Gasteiger partial charge in [-0.05, 0) is 35.4 Å². The standard InChI is InChI=1S/C21H29N3O4S.ClH/c1-14(15-9-17(27-2)13-18(10-15)28-3)19-11-16(24-7-5-23-6-8-24)12-20(22)21(19)29(4,25)26;/h9-14,23H,5-8,22H2,1-4H3;1H. The average Bonchev–Trinajstić information content (AvgIpc) is 2.71. The van der Waals surface area contributed by atoms with Crippen LogP contribution >= 0.6 is 12.4 Å². The number of methoxy groups -OCH3 is 2. The fraction of sp³-hybridized carbons (Fsp3) is 0.429. The fourth-order valence-corrected chi connectivity index (χ4v) is 4.92. The van der Waals surface area contributed by atoms with Crippen molar-refractivity contribution in [3.8, 4) is 11.5 Å². The Morgan fingerprint density at radius 3 is 2.10 bits per heavy atom. The molecule has 2 aromatic rings. The topological polar surface area (TPSA) is 93.9 Å². The van der Waals surface area contributed by atoms with E-state index in [1.165, 1.54) is 6.26 Å². The monoisotopic (exact) mass is 455 g/mol. The van der Waals surface area contributed by atoms with Crippen molar-refractivity contribution in [2.24, 2.45) is 0 Å². The van der Waals surface area contributed by atoms with Gasteiger partial charge in [-0.1, -0.05) is 6.92 Å². The molecule has 30 heavy (non-hydrogen) atoms. The Kier molecular flexibility index (Phi) is 7.85. The van der Waals surface area contributed by atoms with E-state index in [0.717, 1.165) is 37.4 Å². The molecular weight excluding hydrogens is 426 g/mol. The lowest BCUT2D eigenvalue weighted by atomic mass is 9.91. The Labute approximate surface area is 184 Å². The van der Waals surface area contributed by atoms with Crippen LogP contribution in [0.3, 0.4) is 0 Å². The molecular formula is C21H30ClN3O4S. The lowest BCUT2D eigenvalue weighted by Crippen LogP contribution is -2.43. The number of nitrogen functional groups attached to an aromatic ring is 1. The summed E-state index contributed by atoms with van der Waals surface area (Å²) in [5.74, 6) is 1.07. The molecule has 1 fully saturated rings. The van der Waals surface area contributed by atoms with Crippen molar-refractivity contribution in [2.45, 2.75) is 17.7 Å². The number of sulfone groups is 1. The van der Waals surface area contributed by atoms with Crippen molar-refractivity contribution in [2.75, 3.05) is 57.3 Å². The van der Waals surface area contributed by atoms with Gasteiger partial charge < -0.3 is 25.4 Å². The second kappa shape index (κ2) is 9.76. The highest BCUT2D eigenvalue weighted by molar-refractivity contribution is 7.91. The number of nitrogens with zero attached hydrogens (tertiary/aromatic N) is 1. The zero-order valence-electron chi connectivity index (χ0n) is 17.8. The van der Waals surface area contributed by atoms with Crippen LogP contribution in [0.15, 0.2) is 35.2 Å². The van der Waals surface area contributed by atoms with Gasteiger partial charge in [0.15, 0.2) is 9.84 Å². The molecule has 3 N–H and O–H groups in total. The third kappa shape index (κ3) is 5.11. The summed E-state index contributed by atoms with van der Waals surface area (Å²) in [6, 6.07) is 9.30. The maximum Gasteiger partial charge on any atom is 0.177 e. The van der Waals surface area contributed by atoms with E-state index in [4.69, 9.17) is 15.2 Å². The van der Waals surface area contributed by atoms with Gasteiger partial charge in [0.2, 0.25) is 0 Å². The molecule has 1 atom stereocenters. The number of benzene rings is 2. The third-order valence-electron chi connectivity index (χ3n) is 5.32. The minimum Gasteiger partial charge on any atom is -0.497 e. The van der Waals surface area contributed by atoms with Crippen molar-refractivity contribution in [1.29, 1.82) is 0 Å². The van der Waals surface area contributed by atoms with Crippen molar-refractivity contribution < 1.29 is 17.9 Å². The highest BCUT2D eigenvalue weighted by atomic mass is 35.5. The van der Waals surface area contributed by atoms with Crippen molar-refractivity contribution in [3.05, 3.63) is 41.5 Å². The van der Waals surface area contributed by atoms with Crippen molar-refractivity contribution >= 4 is 33.6 Å². The lowest BCUT2D eigenvalue weighted by molar-refractivity contribution is 0.393. The van der Waals surface area contributed by atoms with E-state index in [9.17, 15) is 8.42 Å². The molecule has 1 saturated heterocycles. The third-order valence-corrected chi connectivity index (χ3v) is 6.54. The zero-order valence-corrected chi connectivity index (χ0v) is 19.4. The predicted molar refractivity (Wildman–Crippen MR) is 123 cm³/mol. The molecule has 3 rings (SSSR count). The first-order valence-corrected chi connectivity index (χ1v) is 11.5. The SMILES string of the molecule is COc1cc(OC)cc(C(C)c2cc(N3CCNCC3)cc(N)c2S(C)(=O)=O)c1.Cl. The van der Waals surface area contributed by atoms with Crippen LogP contribution in [-0.2, 0) is 9.84 Å². The number of hydrogen-bond acceptors (Lipinski definition) is 7. The first-order chi connectivity index (χ1) is 13.7.